The minimum atomic E-state index is -0.196. The average Bonchev–Trinajstić information content (AvgIpc) is 2.81. The fourth-order valence-electron chi connectivity index (χ4n) is 2.36. The number of fused-ring (bicyclic) bond motifs is 1. The number of anilines is 1. The lowest BCUT2D eigenvalue weighted by Crippen LogP contribution is -2.21. The Hall–Kier alpha value is -2.30. The first kappa shape index (κ1) is 15.1. The summed E-state index contributed by atoms with van der Waals surface area (Å²) in [5.41, 5.74) is 2.66. The van der Waals surface area contributed by atoms with Crippen molar-refractivity contribution >= 4 is 28.8 Å². The van der Waals surface area contributed by atoms with Crippen molar-refractivity contribution in [3.63, 3.8) is 0 Å². The fourth-order valence-corrected chi connectivity index (χ4v) is 2.36. The van der Waals surface area contributed by atoms with Crippen molar-refractivity contribution in [3.8, 4) is 0 Å². The Kier molecular flexibility index (Phi) is 4.62. The van der Waals surface area contributed by atoms with E-state index in [0.717, 1.165) is 22.9 Å². The zero-order valence-electron chi connectivity index (χ0n) is 12.6. The van der Waals surface area contributed by atoms with Gasteiger partial charge in [0, 0.05) is 49.0 Å². The van der Waals surface area contributed by atoms with E-state index in [1.807, 2.05) is 48.0 Å². The largest absolute Gasteiger partial charge is 0.466 e. The second kappa shape index (κ2) is 6.43. The number of aldehydes is 1. The van der Waals surface area contributed by atoms with Crippen molar-refractivity contribution in [1.29, 1.82) is 0 Å². The summed E-state index contributed by atoms with van der Waals surface area (Å²) >= 11 is 0. The molecule has 0 saturated carbocycles. The van der Waals surface area contributed by atoms with Crippen LogP contribution in [0.1, 0.15) is 23.7 Å². The predicted octanol–water partition coefficient (Wildman–Crippen LogP) is 2.38. The molecule has 5 nitrogen and oxygen atoms in total. The first-order valence-corrected chi connectivity index (χ1v) is 6.97. The highest BCUT2D eigenvalue weighted by atomic mass is 16.5. The van der Waals surface area contributed by atoms with E-state index in [0.29, 0.717) is 25.1 Å². The Balaban J connectivity index is 2.18. The van der Waals surface area contributed by atoms with Gasteiger partial charge in [0.1, 0.15) is 0 Å². The van der Waals surface area contributed by atoms with Crippen molar-refractivity contribution in [3.05, 3.63) is 30.0 Å². The number of benzene rings is 1. The highest BCUT2D eigenvalue weighted by Gasteiger charge is 2.10. The second-order valence-corrected chi connectivity index (χ2v) is 4.99. The van der Waals surface area contributed by atoms with Crippen LogP contribution in [0.5, 0.6) is 0 Å². The first-order valence-electron chi connectivity index (χ1n) is 6.97. The van der Waals surface area contributed by atoms with Crippen LogP contribution in [0.25, 0.3) is 10.9 Å². The molecule has 0 fully saturated rings. The lowest BCUT2D eigenvalue weighted by atomic mass is 10.1. The molecule has 0 amide bonds. The summed E-state index contributed by atoms with van der Waals surface area (Å²) in [6.45, 7) is 2.78. The van der Waals surface area contributed by atoms with E-state index in [1.54, 1.807) is 6.92 Å². The van der Waals surface area contributed by atoms with Gasteiger partial charge >= 0.3 is 5.97 Å². The second-order valence-electron chi connectivity index (χ2n) is 4.99. The van der Waals surface area contributed by atoms with E-state index in [1.165, 1.54) is 0 Å². The molecule has 5 heteroatoms. The molecule has 2 rings (SSSR count). The molecule has 1 aromatic carbocycles. The van der Waals surface area contributed by atoms with E-state index in [4.69, 9.17) is 4.74 Å². The summed E-state index contributed by atoms with van der Waals surface area (Å²) in [5.74, 6) is -0.196. The van der Waals surface area contributed by atoms with Gasteiger partial charge in [-0.05, 0) is 25.1 Å². The van der Waals surface area contributed by atoms with Crippen LogP contribution in [-0.4, -0.2) is 37.0 Å². The van der Waals surface area contributed by atoms with Crippen LogP contribution in [0.15, 0.2) is 24.4 Å². The highest BCUT2D eigenvalue weighted by Crippen LogP contribution is 2.25. The number of carbonyl (C=O) groups is 2. The van der Waals surface area contributed by atoms with Crippen LogP contribution in [-0.2, 0) is 16.6 Å². The molecule has 0 bridgehead atoms. The third-order valence-corrected chi connectivity index (χ3v) is 3.53. The fraction of sp³-hybridized carbons (Fsp3) is 0.375. The maximum absolute atomic E-state index is 11.4. The molecule has 1 heterocycles. The van der Waals surface area contributed by atoms with Crippen LogP contribution in [0.3, 0.4) is 0 Å². The summed E-state index contributed by atoms with van der Waals surface area (Å²) < 4.78 is 6.85. The van der Waals surface area contributed by atoms with E-state index >= 15 is 0 Å². The summed E-state index contributed by atoms with van der Waals surface area (Å²) in [5, 5.41) is 0.924. The summed E-state index contributed by atoms with van der Waals surface area (Å²) in [4.78, 5) is 24.5. The molecule has 21 heavy (non-hydrogen) atoms. The van der Waals surface area contributed by atoms with Gasteiger partial charge in [0.25, 0.3) is 0 Å². The third kappa shape index (κ3) is 3.24. The van der Waals surface area contributed by atoms with E-state index in [2.05, 4.69) is 0 Å². The van der Waals surface area contributed by atoms with Crippen LogP contribution >= 0.6 is 0 Å². The number of hydrogen-bond acceptors (Lipinski definition) is 4. The quantitative estimate of drug-likeness (QED) is 0.605. The van der Waals surface area contributed by atoms with Crippen molar-refractivity contribution in [2.45, 2.75) is 13.3 Å². The maximum Gasteiger partial charge on any atom is 0.307 e. The van der Waals surface area contributed by atoms with Crippen LogP contribution in [0, 0.1) is 0 Å². The van der Waals surface area contributed by atoms with Gasteiger partial charge in [0.15, 0.2) is 6.29 Å². The van der Waals surface area contributed by atoms with E-state index < -0.39 is 0 Å². The standard InChI is InChI=1S/C16H20N2O3/c1-4-21-16(20)7-8-17(2)13-5-6-15-14(9-13)12(11-19)10-18(15)3/h5-6,9-11H,4,7-8H2,1-3H3. The topological polar surface area (TPSA) is 51.5 Å². The van der Waals surface area contributed by atoms with Gasteiger partial charge in [-0.2, -0.15) is 0 Å². The lowest BCUT2D eigenvalue weighted by Gasteiger charge is -2.19. The van der Waals surface area contributed by atoms with E-state index in [9.17, 15) is 9.59 Å². The van der Waals surface area contributed by atoms with Gasteiger partial charge in [-0.15, -0.1) is 0 Å². The number of aromatic nitrogens is 1. The summed E-state index contributed by atoms with van der Waals surface area (Å²) in [7, 11) is 3.84. The van der Waals surface area contributed by atoms with Crippen molar-refractivity contribution in [2.75, 3.05) is 25.1 Å². The summed E-state index contributed by atoms with van der Waals surface area (Å²) in [6, 6.07) is 5.95. The van der Waals surface area contributed by atoms with Gasteiger partial charge in [0.05, 0.1) is 13.0 Å². The molecule has 0 saturated heterocycles. The number of rotatable bonds is 6. The van der Waals surface area contributed by atoms with E-state index in [-0.39, 0.29) is 5.97 Å². The van der Waals surface area contributed by atoms with Gasteiger partial charge < -0.3 is 14.2 Å². The monoisotopic (exact) mass is 288 g/mol. The Labute approximate surface area is 124 Å². The van der Waals surface area contributed by atoms with Crippen molar-refractivity contribution in [2.24, 2.45) is 7.05 Å². The average molecular weight is 288 g/mol. The van der Waals surface area contributed by atoms with Gasteiger partial charge in [-0.3, -0.25) is 9.59 Å². The number of hydrogen-bond donors (Lipinski definition) is 0. The predicted molar refractivity (Wildman–Crippen MR) is 82.8 cm³/mol. The molecule has 0 atom stereocenters. The smallest absolute Gasteiger partial charge is 0.307 e. The van der Waals surface area contributed by atoms with Gasteiger partial charge in [-0.25, -0.2) is 0 Å². The Morgan fingerprint density at radius 1 is 1.43 bits per heavy atom. The minimum Gasteiger partial charge on any atom is -0.466 e. The summed E-state index contributed by atoms with van der Waals surface area (Å²) in [6.07, 6.45) is 3.03. The molecule has 0 aliphatic heterocycles. The van der Waals surface area contributed by atoms with Crippen LogP contribution in [0.4, 0.5) is 5.69 Å². The molecule has 0 unspecified atom stereocenters. The molecule has 0 aliphatic carbocycles. The van der Waals surface area contributed by atoms with Crippen LogP contribution in [0.2, 0.25) is 0 Å². The highest BCUT2D eigenvalue weighted by molar-refractivity contribution is 5.99. The number of aryl methyl sites for hydroxylation is 1. The van der Waals surface area contributed by atoms with Crippen molar-refractivity contribution < 1.29 is 14.3 Å². The Morgan fingerprint density at radius 2 is 2.19 bits per heavy atom. The lowest BCUT2D eigenvalue weighted by molar-refractivity contribution is -0.142. The molecular formula is C16H20N2O3. The molecule has 1 aromatic heterocycles. The Morgan fingerprint density at radius 3 is 2.86 bits per heavy atom. The third-order valence-electron chi connectivity index (χ3n) is 3.53. The SMILES string of the molecule is CCOC(=O)CCN(C)c1ccc2c(c1)c(C=O)cn2C. The van der Waals surface area contributed by atoms with Crippen LogP contribution < -0.4 is 4.90 Å². The minimum absolute atomic E-state index is 0.196. The molecule has 2 aromatic rings. The zero-order valence-corrected chi connectivity index (χ0v) is 12.6. The maximum atomic E-state index is 11.4. The molecule has 0 radical (unpaired) electrons. The molecular weight excluding hydrogens is 268 g/mol. The normalized spacial score (nSPS) is 10.6. The molecule has 112 valence electrons. The number of nitrogens with zero attached hydrogens (tertiary/aromatic N) is 2. The molecule has 0 N–H and O–H groups in total. The number of esters is 1. The molecule has 0 spiro atoms. The zero-order chi connectivity index (χ0) is 15.4. The Bertz CT molecular complexity index is 661. The van der Waals surface area contributed by atoms with Gasteiger partial charge in [0.2, 0.25) is 0 Å². The first-order chi connectivity index (χ1) is 10.1. The van der Waals surface area contributed by atoms with Crippen molar-refractivity contribution in [1.82, 2.24) is 4.57 Å². The number of ether oxygens (including phenoxy) is 1. The number of carbonyl (C=O) groups excluding carboxylic acids is 2. The van der Waals surface area contributed by atoms with Gasteiger partial charge in [-0.1, -0.05) is 0 Å². The molecule has 0 aliphatic rings.